The first kappa shape index (κ1) is 16.7. The Morgan fingerprint density at radius 3 is 2.73 bits per heavy atom. The van der Waals surface area contributed by atoms with Gasteiger partial charge in [-0.15, -0.1) is 11.3 Å². The van der Waals surface area contributed by atoms with Gasteiger partial charge in [0, 0.05) is 16.8 Å². The van der Waals surface area contributed by atoms with Crippen molar-refractivity contribution in [3.05, 3.63) is 45.1 Å². The molecule has 0 radical (unpaired) electrons. The second-order valence-electron chi connectivity index (χ2n) is 5.63. The van der Waals surface area contributed by atoms with E-state index in [0.717, 1.165) is 4.88 Å². The summed E-state index contributed by atoms with van der Waals surface area (Å²) >= 11 is 7.09. The molecule has 22 heavy (non-hydrogen) atoms. The highest BCUT2D eigenvalue weighted by Crippen LogP contribution is 2.21. The van der Waals surface area contributed by atoms with Crippen LogP contribution in [-0.4, -0.2) is 16.6 Å². The third kappa shape index (κ3) is 4.68. The predicted octanol–water partition coefficient (Wildman–Crippen LogP) is 4.50. The van der Waals surface area contributed by atoms with E-state index in [4.69, 9.17) is 16.3 Å². The molecule has 0 bridgehead atoms. The van der Waals surface area contributed by atoms with Gasteiger partial charge in [-0.05, 0) is 39.0 Å². The van der Waals surface area contributed by atoms with Crippen molar-refractivity contribution in [2.24, 2.45) is 0 Å². The molecular weight excluding hydrogens is 327 g/mol. The number of hydrogen-bond acceptors (Lipinski definition) is 5. The summed E-state index contributed by atoms with van der Waals surface area (Å²) in [5, 5.41) is 3.05. The highest BCUT2D eigenvalue weighted by molar-refractivity contribution is 7.15. The largest absolute Gasteiger partial charge is 0.456 e. The smallest absolute Gasteiger partial charge is 0.341 e. The number of benzene rings is 1. The molecule has 0 unspecified atom stereocenters. The van der Waals surface area contributed by atoms with Crippen LogP contribution in [0.4, 0.5) is 10.1 Å². The Hall–Kier alpha value is -1.66. The van der Waals surface area contributed by atoms with Gasteiger partial charge < -0.3 is 10.1 Å². The normalized spacial score (nSPS) is 11.3. The molecule has 1 aromatic heterocycles. The van der Waals surface area contributed by atoms with Crippen LogP contribution in [0, 0.1) is 5.82 Å². The molecule has 0 atom stereocenters. The lowest BCUT2D eigenvalue weighted by Crippen LogP contribution is -2.24. The van der Waals surface area contributed by atoms with Gasteiger partial charge in [0.15, 0.2) is 4.47 Å². The molecular formula is C15H16ClFN2O2S. The Kier molecular flexibility index (Phi) is 5.03. The standard InChI is InChI=1S/C15H16ClFN2O2S/c1-15(2,3)21-13(20)11-5-4-9(6-12(11)17)18-7-10-8-19-14(16)22-10/h4-6,8,18H,7H2,1-3H3. The van der Waals surface area contributed by atoms with Crippen molar-refractivity contribution in [1.29, 1.82) is 0 Å². The number of halogens is 2. The summed E-state index contributed by atoms with van der Waals surface area (Å²) in [7, 11) is 0. The third-order valence-electron chi connectivity index (χ3n) is 2.58. The zero-order valence-electron chi connectivity index (χ0n) is 12.4. The van der Waals surface area contributed by atoms with E-state index in [1.165, 1.54) is 23.5 Å². The SMILES string of the molecule is CC(C)(C)OC(=O)c1ccc(NCc2cnc(Cl)s2)cc1F. The summed E-state index contributed by atoms with van der Waals surface area (Å²) in [5.74, 6) is -1.30. The lowest BCUT2D eigenvalue weighted by molar-refractivity contribution is 0.00648. The molecule has 0 fully saturated rings. The van der Waals surface area contributed by atoms with Crippen LogP contribution in [0.1, 0.15) is 36.0 Å². The number of carbonyl (C=O) groups excluding carboxylic acids is 1. The summed E-state index contributed by atoms with van der Waals surface area (Å²) in [6.45, 7) is 5.69. The van der Waals surface area contributed by atoms with Gasteiger partial charge in [0.25, 0.3) is 0 Å². The van der Waals surface area contributed by atoms with Crippen molar-refractivity contribution in [3.8, 4) is 0 Å². The highest BCUT2D eigenvalue weighted by atomic mass is 35.5. The first-order chi connectivity index (χ1) is 10.2. The zero-order chi connectivity index (χ0) is 16.3. The number of esters is 1. The van der Waals surface area contributed by atoms with E-state index in [2.05, 4.69) is 10.3 Å². The minimum Gasteiger partial charge on any atom is -0.456 e. The summed E-state index contributed by atoms with van der Waals surface area (Å²) in [5.41, 5.74) is -0.179. The Morgan fingerprint density at radius 1 is 1.45 bits per heavy atom. The fourth-order valence-corrected chi connectivity index (χ4v) is 2.60. The molecule has 0 aliphatic heterocycles. The van der Waals surface area contributed by atoms with Crippen molar-refractivity contribution < 1.29 is 13.9 Å². The van der Waals surface area contributed by atoms with Gasteiger partial charge >= 0.3 is 5.97 Å². The van der Waals surface area contributed by atoms with E-state index in [-0.39, 0.29) is 5.56 Å². The van der Waals surface area contributed by atoms with Crippen molar-refractivity contribution in [1.82, 2.24) is 4.98 Å². The molecule has 0 aliphatic rings. The molecule has 1 N–H and O–H groups in total. The maximum absolute atomic E-state index is 14.0. The molecule has 1 aromatic carbocycles. The van der Waals surface area contributed by atoms with Crippen LogP contribution < -0.4 is 5.32 Å². The van der Waals surface area contributed by atoms with Crippen LogP contribution >= 0.6 is 22.9 Å². The molecule has 7 heteroatoms. The second-order valence-corrected chi connectivity index (χ2v) is 7.33. The Bertz CT molecular complexity index is 682. The average Bonchev–Trinajstić information content (AvgIpc) is 2.80. The Balaban J connectivity index is 2.04. The summed E-state index contributed by atoms with van der Waals surface area (Å²) in [6.07, 6.45) is 1.66. The quantitative estimate of drug-likeness (QED) is 0.831. The molecule has 118 valence electrons. The first-order valence-electron chi connectivity index (χ1n) is 6.61. The molecule has 2 aromatic rings. The van der Waals surface area contributed by atoms with Crippen LogP contribution in [0.2, 0.25) is 4.47 Å². The van der Waals surface area contributed by atoms with E-state index in [0.29, 0.717) is 16.7 Å². The lowest BCUT2D eigenvalue weighted by Gasteiger charge is -2.19. The minimum atomic E-state index is -0.675. The van der Waals surface area contributed by atoms with Crippen LogP contribution in [0.5, 0.6) is 0 Å². The molecule has 0 spiro atoms. The van der Waals surface area contributed by atoms with E-state index >= 15 is 0 Å². The average molecular weight is 343 g/mol. The van der Waals surface area contributed by atoms with E-state index in [1.54, 1.807) is 33.0 Å². The number of anilines is 1. The highest BCUT2D eigenvalue weighted by Gasteiger charge is 2.20. The number of hydrogen-bond donors (Lipinski definition) is 1. The number of carbonyl (C=O) groups is 1. The van der Waals surface area contributed by atoms with Crippen LogP contribution in [0.25, 0.3) is 0 Å². The van der Waals surface area contributed by atoms with Gasteiger partial charge in [0.05, 0.1) is 12.1 Å². The number of nitrogens with one attached hydrogen (secondary N) is 1. The molecule has 0 saturated carbocycles. The summed E-state index contributed by atoms with van der Waals surface area (Å²) in [6, 6.07) is 4.30. The van der Waals surface area contributed by atoms with E-state index in [9.17, 15) is 9.18 Å². The van der Waals surface area contributed by atoms with Crippen LogP contribution in [-0.2, 0) is 11.3 Å². The van der Waals surface area contributed by atoms with Crippen molar-refractivity contribution >= 4 is 34.6 Å². The molecule has 0 amide bonds. The number of ether oxygens (including phenoxy) is 1. The minimum absolute atomic E-state index is 0.0821. The zero-order valence-corrected chi connectivity index (χ0v) is 14.0. The molecule has 0 saturated heterocycles. The van der Waals surface area contributed by atoms with E-state index in [1.807, 2.05) is 0 Å². The Morgan fingerprint density at radius 2 is 2.18 bits per heavy atom. The molecule has 1 heterocycles. The van der Waals surface area contributed by atoms with Gasteiger partial charge in [0.1, 0.15) is 11.4 Å². The van der Waals surface area contributed by atoms with Gasteiger partial charge in [-0.25, -0.2) is 14.2 Å². The molecule has 0 aliphatic carbocycles. The van der Waals surface area contributed by atoms with Gasteiger partial charge in [-0.3, -0.25) is 0 Å². The van der Waals surface area contributed by atoms with Crippen molar-refractivity contribution in [2.45, 2.75) is 32.9 Å². The topological polar surface area (TPSA) is 51.2 Å². The number of rotatable bonds is 4. The number of nitrogens with zero attached hydrogens (tertiary/aromatic N) is 1. The first-order valence-corrected chi connectivity index (χ1v) is 7.81. The maximum atomic E-state index is 14.0. The summed E-state index contributed by atoms with van der Waals surface area (Å²) < 4.78 is 19.7. The monoisotopic (exact) mass is 342 g/mol. The van der Waals surface area contributed by atoms with Crippen molar-refractivity contribution in [3.63, 3.8) is 0 Å². The number of thiazole rings is 1. The second kappa shape index (κ2) is 6.62. The van der Waals surface area contributed by atoms with Crippen LogP contribution in [0.15, 0.2) is 24.4 Å². The van der Waals surface area contributed by atoms with Gasteiger partial charge in [-0.1, -0.05) is 11.6 Å². The number of aromatic nitrogens is 1. The Labute approximate surface area is 137 Å². The van der Waals surface area contributed by atoms with E-state index < -0.39 is 17.4 Å². The third-order valence-corrected chi connectivity index (χ3v) is 3.69. The van der Waals surface area contributed by atoms with Crippen molar-refractivity contribution in [2.75, 3.05) is 5.32 Å². The fraction of sp³-hybridized carbons (Fsp3) is 0.333. The maximum Gasteiger partial charge on any atom is 0.341 e. The summed E-state index contributed by atoms with van der Waals surface area (Å²) in [4.78, 5) is 16.7. The molecule has 4 nitrogen and oxygen atoms in total. The predicted molar refractivity (Wildman–Crippen MR) is 86.0 cm³/mol. The van der Waals surface area contributed by atoms with Gasteiger partial charge in [-0.2, -0.15) is 0 Å². The fourth-order valence-electron chi connectivity index (χ4n) is 1.68. The van der Waals surface area contributed by atoms with Crippen LogP contribution in [0.3, 0.4) is 0 Å². The van der Waals surface area contributed by atoms with Gasteiger partial charge in [0.2, 0.25) is 0 Å². The molecule has 2 rings (SSSR count). The lowest BCUT2D eigenvalue weighted by atomic mass is 10.1.